The Labute approximate surface area is 125 Å². The van der Waals surface area contributed by atoms with Gasteiger partial charge in [0.1, 0.15) is 11.5 Å². The van der Waals surface area contributed by atoms with E-state index in [2.05, 4.69) is 15.3 Å². The molecule has 5 heteroatoms. The maximum Gasteiger partial charge on any atom is 0.272 e. The number of nitrogens with zero attached hydrogens (tertiary/aromatic N) is 3. The fourth-order valence-electron chi connectivity index (χ4n) is 1.96. The third-order valence-corrected chi connectivity index (χ3v) is 2.89. The maximum absolute atomic E-state index is 12.4. The third kappa shape index (κ3) is 4.27. The molecule has 0 saturated heterocycles. The summed E-state index contributed by atoms with van der Waals surface area (Å²) in [5, 5.41) is 3.20. The van der Waals surface area contributed by atoms with Crippen LogP contribution in [0.3, 0.4) is 0 Å². The van der Waals surface area contributed by atoms with Gasteiger partial charge in [-0.25, -0.2) is 4.98 Å². The first-order valence-corrected chi connectivity index (χ1v) is 6.94. The predicted molar refractivity (Wildman–Crippen MR) is 83.0 cm³/mol. The van der Waals surface area contributed by atoms with E-state index in [1.807, 2.05) is 38.1 Å². The Hall–Kier alpha value is -2.43. The van der Waals surface area contributed by atoms with E-state index in [0.717, 1.165) is 5.56 Å². The smallest absolute Gasteiger partial charge is 0.272 e. The highest BCUT2D eigenvalue weighted by molar-refractivity contribution is 5.92. The van der Waals surface area contributed by atoms with Crippen LogP contribution in [0, 0.1) is 0 Å². The number of nitrogens with one attached hydrogen (secondary N) is 1. The lowest BCUT2D eigenvalue weighted by Crippen LogP contribution is -2.27. The van der Waals surface area contributed by atoms with Crippen LogP contribution in [0.4, 0.5) is 5.82 Å². The zero-order valence-corrected chi connectivity index (χ0v) is 12.6. The van der Waals surface area contributed by atoms with E-state index in [1.165, 1.54) is 0 Å². The lowest BCUT2D eigenvalue weighted by Gasteiger charge is -2.17. The third-order valence-electron chi connectivity index (χ3n) is 2.89. The van der Waals surface area contributed by atoms with E-state index in [0.29, 0.717) is 18.1 Å². The molecule has 1 amide bonds. The first-order valence-electron chi connectivity index (χ1n) is 6.94. The molecule has 2 heterocycles. The van der Waals surface area contributed by atoms with Crippen molar-refractivity contribution in [1.29, 1.82) is 0 Å². The minimum Gasteiger partial charge on any atom is -0.368 e. The molecule has 0 bridgehead atoms. The normalized spacial score (nSPS) is 10.5. The summed E-state index contributed by atoms with van der Waals surface area (Å²) in [6.45, 7) is 4.57. The monoisotopic (exact) mass is 284 g/mol. The van der Waals surface area contributed by atoms with Gasteiger partial charge in [0.15, 0.2) is 0 Å². The Balaban J connectivity index is 2.08. The van der Waals surface area contributed by atoms with Gasteiger partial charge in [0.05, 0.1) is 0 Å². The van der Waals surface area contributed by atoms with Gasteiger partial charge in [-0.3, -0.25) is 9.78 Å². The van der Waals surface area contributed by atoms with E-state index in [4.69, 9.17) is 0 Å². The summed E-state index contributed by atoms with van der Waals surface area (Å²) in [7, 11) is 1.76. The van der Waals surface area contributed by atoms with Crippen molar-refractivity contribution in [3.63, 3.8) is 0 Å². The molecule has 110 valence electrons. The van der Waals surface area contributed by atoms with E-state index in [1.54, 1.807) is 30.4 Å². The van der Waals surface area contributed by atoms with Crippen molar-refractivity contribution in [2.45, 2.75) is 26.4 Å². The second-order valence-electron chi connectivity index (χ2n) is 5.23. The first kappa shape index (κ1) is 15.0. The van der Waals surface area contributed by atoms with Gasteiger partial charge in [0.25, 0.3) is 5.91 Å². The number of pyridine rings is 2. The van der Waals surface area contributed by atoms with Crippen LogP contribution >= 0.6 is 0 Å². The SMILES string of the molecule is CC(C)Nc1cccc(C(=O)N(C)Cc2cccnc2)n1. The van der Waals surface area contributed by atoms with E-state index >= 15 is 0 Å². The molecule has 0 unspecified atom stereocenters. The summed E-state index contributed by atoms with van der Waals surface area (Å²) in [5.41, 5.74) is 1.43. The van der Waals surface area contributed by atoms with Crippen LogP contribution in [-0.2, 0) is 6.54 Å². The predicted octanol–water partition coefficient (Wildman–Crippen LogP) is 2.57. The van der Waals surface area contributed by atoms with Gasteiger partial charge in [0, 0.05) is 32.0 Å². The lowest BCUT2D eigenvalue weighted by atomic mass is 10.2. The van der Waals surface area contributed by atoms with Crippen LogP contribution in [0.15, 0.2) is 42.7 Å². The highest BCUT2D eigenvalue weighted by Crippen LogP contribution is 2.10. The average molecular weight is 284 g/mol. The average Bonchev–Trinajstić information content (AvgIpc) is 2.47. The number of carbonyl (C=O) groups excluding carboxylic acids is 1. The number of hydrogen-bond donors (Lipinski definition) is 1. The zero-order valence-electron chi connectivity index (χ0n) is 12.6. The molecule has 2 aromatic heterocycles. The van der Waals surface area contributed by atoms with Crippen molar-refractivity contribution in [3.05, 3.63) is 54.0 Å². The Morgan fingerprint density at radius 2 is 2.10 bits per heavy atom. The molecule has 2 rings (SSSR count). The molecule has 2 aromatic rings. The van der Waals surface area contributed by atoms with Gasteiger partial charge in [-0.2, -0.15) is 0 Å². The minimum absolute atomic E-state index is 0.105. The number of carbonyl (C=O) groups is 1. The molecule has 0 atom stereocenters. The molecule has 0 spiro atoms. The van der Waals surface area contributed by atoms with Crippen molar-refractivity contribution < 1.29 is 4.79 Å². The van der Waals surface area contributed by atoms with Crippen LogP contribution < -0.4 is 5.32 Å². The highest BCUT2D eigenvalue weighted by atomic mass is 16.2. The number of aromatic nitrogens is 2. The Morgan fingerprint density at radius 3 is 2.76 bits per heavy atom. The molecule has 0 aliphatic heterocycles. The first-order chi connectivity index (χ1) is 10.1. The van der Waals surface area contributed by atoms with E-state index in [9.17, 15) is 4.79 Å². The number of amides is 1. The Kier molecular flexibility index (Phi) is 4.87. The van der Waals surface area contributed by atoms with Gasteiger partial charge in [-0.05, 0) is 37.6 Å². The summed E-state index contributed by atoms with van der Waals surface area (Å²) in [5.74, 6) is 0.608. The van der Waals surface area contributed by atoms with Gasteiger partial charge < -0.3 is 10.2 Å². The largest absolute Gasteiger partial charge is 0.368 e. The van der Waals surface area contributed by atoms with Gasteiger partial charge in [-0.15, -0.1) is 0 Å². The second kappa shape index (κ2) is 6.83. The molecule has 21 heavy (non-hydrogen) atoms. The van der Waals surface area contributed by atoms with Crippen LogP contribution in [0.2, 0.25) is 0 Å². The Morgan fingerprint density at radius 1 is 1.29 bits per heavy atom. The van der Waals surface area contributed by atoms with Gasteiger partial charge in [-0.1, -0.05) is 12.1 Å². The highest BCUT2D eigenvalue weighted by Gasteiger charge is 2.14. The topological polar surface area (TPSA) is 58.1 Å². The van der Waals surface area contributed by atoms with Crippen molar-refractivity contribution in [2.75, 3.05) is 12.4 Å². The minimum atomic E-state index is -0.105. The molecule has 0 aliphatic carbocycles. The Bertz CT molecular complexity index is 598. The van der Waals surface area contributed by atoms with E-state index < -0.39 is 0 Å². The number of anilines is 1. The molecule has 0 aromatic carbocycles. The van der Waals surface area contributed by atoms with Gasteiger partial charge >= 0.3 is 0 Å². The van der Waals surface area contributed by atoms with Crippen molar-refractivity contribution in [3.8, 4) is 0 Å². The van der Waals surface area contributed by atoms with Crippen LogP contribution in [0.25, 0.3) is 0 Å². The van der Waals surface area contributed by atoms with Crippen LogP contribution in [0.1, 0.15) is 29.9 Å². The summed E-state index contributed by atoms with van der Waals surface area (Å²) in [6.07, 6.45) is 3.47. The molecular formula is C16H20N4O. The maximum atomic E-state index is 12.4. The summed E-state index contributed by atoms with van der Waals surface area (Å²) in [4.78, 5) is 22.5. The summed E-state index contributed by atoms with van der Waals surface area (Å²) < 4.78 is 0. The second-order valence-corrected chi connectivity index (χ2v) is 5.23. The molecule has 0 fully saturated rings. The fourth-order valence-corrected chi connectivity index (χ4v) is 1.96. The fraction of sp³-hybridized carbons (Fsp3) is 0.312. The standard InChI is InChI=1S/C16H20N4O/c1-12(2)18-15-8-4-7-14(19-15)16(21)20(3)11-13-6-5-9-17-10-13/h4-10,12H,11H2,1-3H3,(H,18,19). The number of hydrogen-bond acceptors (Lipinski definition) is 4. The van der Waals surface area contributed by atoms with Crippen molar-refractivity contribution >= 4 is 11.7 Å². The van der Waals surface area contributed by atoms with Crippen molar-refractivity contribution in [1.82, 2.24) is 14.9 Å². The lowest BCUT2D eigenvalue weighted by molar-refractivity contribution is 0.0779. The van der Waals surface area contributed by atoms with Crippen molar-refractivity contribution in [2.24, 2.45) is 0 Å². The van der Waals surface area contributed by atoms with E-state index in [-0.39, 0.29) is 11.9 Å². The summed E-state index contributed by atoms with van der Waals surface area (Å²) >= 11 is 0. The van der Waals surface area contributed by atoms with Crippen LogP contribution in [0.5, 0.6) is 0 Å². The van der Waals surface area contributed by atoms with Gasteiger partial charge in [0.2, 0.25) is 0 Å². The molecule has 5 nitrogen and oxygen atoms in total. The van der Waals surface area contributed by atoms with Crippen LogP contribution in [-0.4, -0.2) is 33.9 Å². The quantitative estimate of drug-likeness (QED) is 0.916. The molecular weight excluding hydrogens is 264 g/mol. The number of rotatable bonds is 5. The molecule has 1 N–H and O–H groups in total. The molecule has 0 radical (unpaired) electrons. The zero-order chi connectivity index (χ0) is 15.2. The summed E-state index contributed by atoms with van der Waals surface area (Å²) in [6, 6.07) is 9.50. The molecule has 0 saturated carbocycles. The molecule has 0 aliphatic rings.